The van der Waals surface area contributed by atoms with E-state index < -0.39 is 0 Å². The molecular weight excluding hydrogens is 240 g/mol. The Balaban J connectivity index is 2.03. The first-order valence-corrected chi connectivity index (χ1v) is 6.25. The van der Waals surface area contributed by atoms with Gasteiger partial charge in [-0.25, -0.2) is 4.98 Å². The fourth-order valence-corrected chi connectivity index (χ4v) is 1.96. The molecule has 1 aromatic heterocycles. The highest BCUT2D eigenvalue weighted by Gasteiger charge is 2.20. The summed E-state index contributed by atoms with van der Waals surface area (Å²) in [5.74, 6) is 1.29. The molecule has 2 aromatic rings. The van der Waals surface area contributed by atoms with Crippen molar-refractivity contribution < 1.29 is 4.79 Å². The Labute approximate surface area is 112 Å². The molecule has 1 aromatic carbocycles. The van der Waals surface area contributed by atoms with Crippen molar-refractivity contribution in [2.24, 2.45) is 0 Å². The number of H-pyrrole nitrogens is 1. The number of likely N-dealkylation sites (N-methyl/N-ethyl adjacent to an activating group) is 1. The highest BCUT2D eigenvalue weighted by molar-refractivity contribution is 5.83. The van der Waals surface area contributed by atoms with Gasteiger partial charge in [0.25, 0.3) is 0 Å². The van der Waals surface area contributed by atoms with Gasteiger partial charge in [-0.1, -0.05) is 30.3 Å². The second-order valence-electron chi connectivity index (χ2n) is 4.66. The molecule has 1 heterocycles. The third kappa shape index (κ3) is 3.19. The zero-order chi connectivity index (χ0) is 13.8. The van der Waals surface area contributed by atoms with Crippen LogP contribution < -0.4 is 0 Å². The van der Waals surface area contributed by atoms with Crippen molar-refractivity contribution in [3.8, 4) is 0 Å². The topological polar surface area (TPSA) is 61.9 Å². The molecule has 1 N–H and O–H groups in total. The molecule has 0 aliphatic carbocycles. The average Bonchev–Trinajstić information content (AvgIpc) is 2.83. The van der Waals surface area contributed by atoms with Crippen LogP contribution in [0.4, 0.5) is 0 Å². The summed E-state index contributed by atoms with van der Waals surface area (Å²) in [6, 6.07) is 9.76. The van der Waals surface area contributed by atoms with Gasteiger partial charge < -0.3 is 4.90 Å². The second kappa shape index (κ2) is 5.65. The minimum atomic E-state index is -0.161. The average molecular weight is 258 g/mol. The zero-order valence-corrected chi connectivity index (χ0v) is 11.4. The van der Waals surface area contributed by atoms with Crippen molar-refractivity contribution in [2.75, 3.05) is 7.05 Å². The molecule has 19 heavy (non-hydrogen) atoms. The minimum absolute atomic E-state index is 0.0636. The molecule has 0 bridgehead atoms. The van der Waals surface area contributed by atoms with Gasteiger partial charge in [-0.2, -0.15) is 5.10 Å². The number of aromatic nitrogens is 3. The van der Waals surface area contributed by atoms with E-state index in [1.165, 1.54) is 0 Å². The Kier molecular flexibility index (Phi) is 3.94. The maximum atomic E-state index is 12.3. The van der Waals surface area contributed by atoms with E-state index in [9.17, 15) is 4.79 Å². The van der Waals surface area contributed by atoms with E-state index in [1.807, 2.05) is 44.2 Å². The fraction of sp³-hybridized carbons (Fsp3) is 0.357. The third-order valence-corrected chi connectivity index (χ3v) is 3.07. The number of hydrogen-bond donors (Lipinski definition) is 1. The van der Waals surface area contributed by atoms with Crippen molar-refractivity contribution in [2.45, 2.75) is 26.3 Å². The van der Waals surface area contributed by atoms with E-state index in [0.29, 0.717) is 12.4 Å². The van der Waals surface area contributed by atoms with Gasteiger partial charge in [0, 0.05) is 7.05 Å². The maximum Gasteiger partial charge on any atom is 0.229 e. The van der Waals surface area contributed by atoms with Crippen LogP contribution in [-0.4, -0.2) is 33.0 Å². The summed E-state index contributed by atoms with van der Waals surface area (Å²) in [7, 11) is 1.77. The lowest BCUT2D eigenvalue weighted by Crippen LogP contribution is -2.30. The Morgan fingerprint density at radius 3 is 2.63 bits per heavy atom. The number of aromatic amines is 1. The molecule has 5 nitrogen and oxygen atoms in total. The molecule has 0 saturated carbocycles. The van der Waals surface area contributed by atoms with Gasteiger partial charge in [-0.15, -0.1) is 0 Å². The molecular formula is C14H18N4O. The number of amides is 1. The first kappa shape index (κ1) is 13.3. The van der Waals surface area contributed by atoms with E-state index in [0.717, 1.165) is 11.4 Å². The molecule has 1 unspecified atom stereocenters. The number of nitrogens with zero attached hydrogens (tertiary/aromatic N) is 3. The Bertz CT molecular complexity index is 550. The van der Waals surface area contributed by atoms with E-state index in [2.05, 4.69) is 15.2 Å². The molecule has 0 saturated heterocycles. The highest BCUT2D eigenvalue weighted by Crippen LogP contribution is 2.17. The van der Waals surface area contributed by atoms with Gasteiger partial charge in [0.05, 0.1) is 12.5 Å². The maximum absolute atomic E-state index is 12.3. The first-order chi connectivity index (χ1) is 9.08. The van der Waals surface area contributed by atoms with Crippen molar-refractivity contribution in [1.29, 1.82) is 0 Å². The van der Waals surface area contributed by atoms with Crippen LogP contribution in [0.2, 0.25) is 0 Å². The van der Waals surface area contributed by atoms with Crippen LogP contribution in [0.3, 0.4) is 0 Å². The number of carbonyl (C=O) groups is 1. The number of aryl methyl sites for hydroxylation is 1. The number of carbonyl (C=O) groups excluding carboxylic acids is 1. The fourth-order valence-electron chi connectivity index (χ4n) is 1.96. The summed E-state index contributed by atoms with van der Waals surface area (Å²) in [6.07, 6.45) is 0. The largest absolute Gasteiger partial charge is 0.338 e. The van der Waals surface area contributed by atoms with Crippen LogP contribution in [0.25, 0.3) is 0 Å². The Morgan fingerprint density at radius 1 is 1.37 bits per heavy atom. The van der Waals surface area contributed by atoms with Gasteiger partial charge in [-0.3, -0.25) is 9.89 Å². The van der Waals surface area contributed by atoms with E-state index >= 15 is 0 Å². The van der Waals surface area contributed by atoms with Gasteiger partial charge >= 0.3 is 0 Å². The molecule has 0 radical (unpaired) electrons. The van der Waals surface area contributed by atoms with Gasteiger partial charge in [-0.05, 0) is 19.4 Å². The Hall–Kier alpha value is -2.17. The van der Waals surface area contributed by atoms with E-state index in [4.69, 9.17) is 0 Å². The number of rotatable bonds is 4. The molecule has 5 heteroatoms. The third-order valence-electron chi connectivity index (χ3n) is 3.07. The summed E-state index contributed by atoms with van der Waals surface area (Å²) in [4.78, 5) is 18.2. The number of benzene rings is 1. The first-order valence-electron chi connectivity index (χ1n) is 6.25. The van der Waals surface area contributed by atoms with Crippen LogP contribution in [0, 0.1) is 6.92 Å². The van der Waals surface area contributed by atoms with Crippen LogP contribution >= 0.6 is 0 Å². The summed E-state index contributed by atoms with van der Waals surface area (Å²) in [5.41, 5.74) is 1.02. The normalized spacial score (nSPS) is 12.2. The van der Waals surface area contributed by atoms with Gasteiger partial charge in [0.2, 0.25) is 5.91 Å². The lowest BCUT2D eigenvalue weighted by molar-refractivity contribution is -0.131. The standard InChI is InChI=1S/C14H18N4O/c1-10(12-7-5-4-6-8-12)14(19)18(3)9-13-15-11(2)16-17-13/h4-8,10H,9H2,1-3H3,(H,15,16,17). The minimum Gasteiger partial charge on any atom is -0.338 e. The number of nitrogens with one attached hydrogen (secondary N) is 1. The molecule has 1 amide bonds. The lowest BCUT2D eigenvalue weighted by atomic mass is 10.00. The molecule has 0 spiro atoms. The second-order valence-corrected chi connectivity index (χ2v) is 4.66. The lowest BCUT2D eigenvalue weighted by Gasteiger charge is -2.20. The van der Waals surface area contributed by atoms with Crippen LogP contribution in [0.5, 0.6) is 0 Å². The van der Waals surface area contributed by atoms with Crippen LogP contribution in [-0.2, 0) is 11.3 Å². The van der Waals surface area contributed by atoms with Crippen LogP contribution in [0.1, 0.15) is 30.1 Å². The molecule has 100 valence electrons. The monoisotopic (exact) mass is 258 g/mol. The van der Waals surface area contributed by atoms with E-state index in [1.54, 1.807) is 11.9 Å². The SMILES string of the molecule is Cc1nc(CN(C)C(=O)C(C)c2ccccc2)n[nH]1. The zero-order valence-electron chi connectivity index (χ0n) is 11.4. The van der Waals surface area contributed by atoms with Gasteiger partial charge in [0.1, 0.15) is 5.82 Å². The highest BCUT2D eigenvalue weighted by atomic mass is 16.2. The summed E-state index contributed by atoms with van der Waals surface area (Å²) in [5, 5.41) is 6.81. The van der Waals surface area contributed by atoms with Crippen molar-refractivity contribution in [1.82, 2.24) is 20.1 Å². The quantitative estimate of drug-likeness (QED) is 0.910. The molecule has 2 rings (SSSR count). The summed E-state index contributed by atoms with van der Waals surface area (Å²) < 4.78 is 0. The predicted molar refractivity (Wildman–Crippen MR) is 72.5 cm³/mol. The molecule has 0 aliphatic rings. The van der Waals surface area contributed by atoms with E-state index in [-0.39, 0.29) is 11.8 Å². The molecule has 0 aliphatic heterocycles. The number of hydrogen-bond acceptors (Lipinski definition) is 3. The van der Waals surface area contributed by atoms with Gasteiger partial charge in [0.15, 0.2) is 5.82 Å². The molecule has 0 fully saturated rings. The smallest absolute Gasteiger partial charge is 0.229 e. The van der Waals surface area contributed by atoms with Crippen molar-refractivity contribution >= 4 is 5.91 Å². The van der Waals surface area contributed by atoms with Crippen LogP contribution in [0.15, 0.2) is 30.3 Å². The van der Waals surface area contributed by atoms with Crippen molar-refractivity contribution in [3.05, 3.63) is 47.5 Å². The molecule has 1 atom stereocenters. The summed E-state index contributed by atoms with van der Waals surface area (Å²) in [6.45, 7) is 4.17. The van der Waals surface area contributed by atoms with Crippen molar-refractivity contribution in [3.63, 3.8) is 0 Å². The summed E-state index contributed by atoms with van der Waals surface area (Å²) >= 11 is 0. The Morgan fingerprint density at radius 2 is 2.05 bits per heavy atom. The predicted octanol–water partition coefficient (Wildman–Crippen LogP) is 1.88.